The van der Waals surface area contributed by atoms with Gasteiger partial charge in [-0.1, -0.05) is 19.1 Å². The molecule has 3 rings (SSSR count). The molecule has 0 aliphatic carbocycles. The van der Waals surface area contributed by atoms with Crippen molar-refractivity contribution in [3.8, 4) is 0 Å². The summed E-state index contributed by atoms with van der Waals surface area (Å²) < 4.78 is 43.8. The Morgan fingerprint density at radius 2 is 1.96 bits per heavy atom. The highest BCUT2D eigenvalue weighted by Crippen LogP contribution is 2.20. The van der Waals surface area contributed by atoms with Crippen LogP contribution in [-0.4, -0.2) is 22.6 Å². The molecule has 0 spiro atoms. The van der Waals surface area contributed by atoms with Crippen LogP contribution in [0.5, 0.6) is 0 Å². The predicted molar refractivity (Wildman–Crippen MR) is 91.7 cm³/mol. The number of rotatable bonds is 5. The Balaban J connectivity index is 2.14. The quantitative estimate of drug-likeness (QED) is 0.750. The van der Waals surface area contributed by atoms with Gasteiger partial charge < -0.3 is 0 Å². The summed E-state index contributed by atoms with van der Waals surface area (Å²) in [5, 5.41) is 4.22. The van der Waals surface area contributed by atoms with E-state index in [0.717, 1.165) is 6.07 Å². The van der Waals surface area contributed by atoms with Crippen LogP contribution < -0.4 is 10.3 Å². The number of aromatic nitrogens is 3. The normalized spacial score (nSPS) is 11.8. The van der Waals surface area contributed by atoms with Gasteiger partial charge in [0.25, 0.3) is 15.6 Å². The summed E-state index contributed by atoms with van der Waals surface area (Å²) in [5.41, 5.74) is -0.327. The number of nitrogens with zero attached hydrogens (tertiary/aromatic N) is 3. The van der Waals surface area contributed by atoms with E-state index in [-0.39, 0.29) is 21.7 Å². The minimum Gasteiger partial charge on any atom is -0.297 e. The summed E-state index contributed by atoms with van der Waals surface area (Å²) in [7, 11) is -4.05. The molecule has 0 aliphatic rings. The highest BCUT2D eigenvalue weighted by Gasteiger charge is 2.21. The SMILES string of the molecule is CCc1nn(CC)c(=O)c2cc(S(=O)(=O)Nc3ccccc3F)cn12. The third-order valence-electron chi connectivity index (χ3n) is 3.81. The predicted octanol–water partition coefficient (Wildman–Crippen LogP) is 2.02. The number of para-hydroxylation sites is 1. The molecule has 1 N–H and O–H groups in total. The lowest BCUT2D eigenvalue weighted by Gasteiger charge is -2.07. The number of fused-ring (bicyclic) bond motifs is 1. The highest BCUT2D eigenvalue weighted by molar-refractivity contribution is 7.92. The van der Waals surface area contributed by atoms with Gasteiger partial charge >= 0.3 is 0 Å². The van der Waals surface area contributed by atoms with Gasteiger partial charge in [0.05, 0.1) is 5.69 Å². The van der Waals surface area contributed by atoms with Crippen molar-refractivity contribution in [3.63, 3.8) is 0 Å². The first-order valence-electron chi connectivity index (χ1n) is 7.76. The molecule has 0 fully saturated rings. The third-order valence-corrected chi connectivity index (χ3v) is 5.14. The van der Waals surface area contributed by atoms with E-state index in [2.05, 4.69) is 9.82 Å². The number of hydrogen-bond donors (Lipinski definition) is 1. The third kappa shape index (κ3) is 3.02. The van der Waals surface area contributed by atoms with Gasteiger partial charge in [0.2, 0.25) is 0 Å². The molecule has 2 aromatic heterocycles. The molecule has 0 unspecified atom stereocenters. The summed E-state index contributed by atoms with van der Waals surface area (Å²) in [6.45, 7) is 4.02. The number of hydrogen-bond acceptors (Lipinski definition) is 4. The topological polar surface area (TPSA) is 85.5 Å². The Bertz CT molecular complexity index is 1100. The van der Waals surface area contributed by atoms with Gasteiger partial charge in [-0.25, -0.2) is 17.5 Å². The van der Waals surface area contributed by atoms with Gasteiger partial charge in [-0.05, 0) is 25.1 Å². The van der Waals surface area contributed by atoms with Gasteiger partial charge in [0.1, 0.15) is 22.1 Å². The molecule has 0 saturated carbocycles. The zero-order chi connectivity index (χ0) is 18.2. The van der Waals surface area contributed by atoms with E-state index in [1.165, 1.54) is 39.5 Å². The minimum absolute atomic E-state index is 0.127. The van der Waals surface area contributed by atoms with Gasteiger partial charge in [-0.15, -0.1) is 0 Å². The van der Waals surface area contributed by atoms with E-state index in [0.29, 0.717) is 18.8 Å². The number of aryl methyl sites for hydroxylation is 2. The summed E-state index contributed by atoms with van der Waals surface area (Å²) in [6.07, 6.45) is 1.84. The smallest absolute Gasteiger partial charge is 0.291 e. The van der Waals surface area contributed by atoms with Gasteiger partial charge in [0, 0.05) is 19.2 Å². The van der Waals surface area contributed by atoms with Crippen LogP contribution in [0.4, 0.5) is 10.1 Å². The summed E-state index contributed by atoms with van der Waals surface area (Å²) in [4.78, 5) is 12.3. The lowest BCUT2D eigenvalue weighted by Crippen LogP contribution is -2.26. The van der Waals surface area contributed by atoms with Crippen LogP contribution in [0.1, 0.15) is 19.7 Å². The maximum absolute atomic E-state index is 13.7. The van der Waals surface area contributed by atoms with Crippen molar-refractivity contribution in [1.82, 2.24) is 14.2 Å². The maximum atomic E-state index is 13.7. The van der Waals surface area contributed by atoms with Crippen molar-refractivity contribution < 1.29 is 12.8 Å². The van der Waals surface area contributed by atoms with Crippen LogP contribution in [-0.2, 0) is 23.0 Å². The zero-order valence-electron chi connectivity index (χ0n) is 13.7. The first-order valence-corrected chi connectivity index (χ1v) is 9.25. The average Bonchev–Trinajstić information content (AvgIpc) is 3.04. The molecule has 132 valence electrons. The Morgan fingerprint density at radius 3 is 2.60 bits per heavy atom. The second-order valence-electron chi connectivity index (χ2n) is 5.41. The Labute approximate surface area is 143 Å². The van der Waals surface area contributed by atoms with Crippen LogP contribution in [0.25, 0.3) is 5.52 Å². The number of nitrogens with one attached hydrogen (secondary N) is 1. The van der Waals surface area contributed by atoms with Crippen molar-refractivity contribution in [2.45, 2.75) is 31.7 Å². The van der Waals surface area contributed by atoms with Crippen molar-refractivity contribution in [2.75, 3.05) is 4.72 Å². The Hall–Kier alpha value is -2.68. The van der Waals surface area contributed by atoms with Crippen LogP contribution >= 0.6 is 0 Å². The molecule has 0 amide bonds. The molecular weight excluding hydrogens is 347 g/mol. The molecule has 25 heavy (non-hydrogen) atoms. The summed E-state index contributed by atoms with van der Waals surface area (Å²) in [5.74, 6) is -0.122. The Kier molecular flexibility index (Phi) is 4.34. The van der Waals surface area contributed by atoms with Crippen LogP contribution in [0, 0.1) is 5.82 Å². The first kappa shape index (κ1) is 17.2. The van der Waals surface area contributed by atoms with E-state index in [9.17, 15) is 17.6 Å². The highest BCUT2D eigenvalue weighted by atomic mass is 32.2. The molecule has 0 atom stereocenters. The second kappa shape index (κ2) is 6.32. The van der Waals surface area contributed by atoms with Crippen molar-refractivity contribution in [1.29, 1.82) is 0 Å². The van der Waals surface area contributed by atoms with E-state index in [1.807, 2.05) is 6.92 Å². The minimum atomic E-state index is -4.05. The van der Waals surface area contributed by atoms with Crippen molar-refractivity contribution in [3.05, 3.63) is 58.5 Å². The molecule has 3 aromatic rings. The van der Waals surface area contributed by atoms with Crippen LogP contribution in [0.2, 0.25) is 0 Å². The second-order valence-corrected chi connectivity index (χ2v) is 7.09. The van der Waals surface area contributed by atoms with E-state index >= 15 is 0 Å². The number of halogens is 1. The number of benzene rings is 1. The van der Waals surface area contributed by atoms with E-state index in [1.54, 1.807) is 6.92 Å². The average molecular weight is 364 g/mol. The van der Waals surface area contributed by atoms with Crippen LogP contribution in [0.15, 0.2) is 46.2 Å². The fourth-order valence-corrected chi connectivity index (χ4v) is 3.62. The monoisotopic (exact) mass is 364 g/mol. The fourth-order valence-electron chi connectivity index (χ4n) is 2.53. The molecule has 0 radical (unpaired) electrons. The Morgan fingerprint density at radius 1 is 1.24 bits per heavy atom. The molecule has 0 bridgehead atoms. The van der Waals surface area contributed by atoms with Crippen LogP contribution in [0.3, 0.4) is 0 Å². The number of sulfonamides is 1. The maximum Gasteiger partial charge on any atom is 0.291 e. The van der Waals surface area contributed by atoms with E-state index in [4.69, 9.17) is 0 Å². The molecule has 9 heteroatoms. The molecule has 2 heterocycles. The molecule has 7 nitrogen and oxygen atoms in total. The molecule has 0 aliphatic heterocycles. The lowest BCUT2D eigenvalue weighted by molar-refractivity contribution is 0.583. The largest absolute Gasteiger partial charge is 0.297 e. The molecule has 0 saturated heterocycles. The van der Waals surface area contributed by atoms with E-state index < -0.39 is 15.8 Å². The standard InChI is InChI=1S/C16H17FN4O3S/c1-3-15-18-21(4-2)16(22)14-9-11(10-20(14)15)25(23,24)19-13-8-6-5-7-12(13)17/h5-10,19H,3-4H2,1-2H3. The zero-order valence-corrected chi connectivity index (χ0v) is 14.5. The number of anilines is 1. The summed E-state index contributed by atoms with van der Waals surface area (Å²) >= 11 is 0. The first-order chi connectivity index (χ1) is 11.9. The van der Waals surface area contributed by atoms with Gasteiger partial charge in [0.15, 0.2) is 0 Å². The molecule has 1 aromatic carbocycles. The fraction of sp³-hybridized carbons (Fsp3) is 0.250. The van der Waals surface area contributed by atoms with Crippen molar-refractivity contribution >= 4 is 21.2 Å². The van der Waals surface area contributed by atoms with Gasteiger partial charge in [-0.3, -0.25) is 13.9 Å². The van der Waals surface area contributed by atoms with Crippen molar-refractivity contribution in [2.24, 2.45) is 0 Å². The summed E-state index contributed by atoms with van der Waals surface area (Å²) in [6, 6.07) is 6.75. The van der Waals surface area contributed by atoms with Gasteiger partial charge in [-0.2, -0.15) is 5.10 Å². The lowest BCUT2D eigenvalue weighted by atomic mass is 10.3. The molecular formula is C16H17FN4O3S.